The Morgan fingerprint density at radius 1 is 1.00 bits per heavy atom. The molecule has 0 atom stereocenters. The van der Waals surface area contributed by atoms with Crippen LogP contribution in [0.1, 0.15) is 17.7 Å². The van der Waals surface area contributed by atoms with Crippen molar-refractivity contribution in [2.24, 2.45) is 0 Å². The predicted molar refractivity (Wildman–Crippen MR) is 115 cm³/mol. The van der Waals surface area contributed by atoms with Gasteiger partial charge in [0, 0.05) is 55.0 Å². The summed E-state index contributed by atoms with van der Waals surface area (Å²) in [6.45, 7) is 6.18. The molecule has 0 aliphatic carbocycles. The number of carbonyl (C=O) groups is 1. The molecule has 3 aromatic rings. The van der Waals surface area contributed by atoms with E-state index in [9.17, 15) is 4.79 Å². The molecule has 1 fully saturated rings. The molecule has 4 rings (SSSR count). The van der Waals surface area contributed by atoms with Gasteiger partial charge >= 0.3 is 6.03 Å². The van der Waals surface area contributed by atoms with Gasteiger partial charge in [0.25, 0.3) is 0 Å². The van der Waals surface area contributed by atoms with Gasteiger partial charge in [-0.3, -0.25) is 0 Å². The number of benzene rings is 2. The van der Waals surface area contributed by atoms with Crippen molar-refractivity contribution >= 4 is 22.6 Å². The van der Waals surface area contributed by atoms with Gasteiger partial charge < -0.3 is 20.1 Å². The van der Waals surface area contributed by atoms with Gasteiger partial charge in [0.05, 0.1) is 0 Å². The number of para-hydroxylation sites is 2. The molecule has 0 radical (unpaired) electrons. The number of aromatic nitrogens is 1. The molecule has 1 saturated heterocycles. The van der Waals surface area contributed by atoms with E-state index in [1.54, 1.807) is 0 Å². The number of fused-ring (bicyclic) bond motifs is 1. The summed E-state index contributed by atoms with van der Waals surface area (Å²) in [4.78, 5) is 20.4. The number of hydrogen-bond donors (Lipinski definition) is 2. The van der Waals surface area contributed by atoms with Crippen LogP contribution in [0.5, 0.6) is 0 Å². The van der Waals surface area contributed by atoms with Gasteiger partial charge in [-0.05, 0) is 43.5 Å². The summed E-state index contributed by atoms with van der Waals surface area (Å²) in [5.41, 5.74) is 4.88. The second kappa shape index (κ2) is 8.38. The normalized spacial score (nSPS) is 14.9. The summed E-state index contributed by atoms with van der Waals surface area (Å²) in [5.74, 6) is 0. The third-order valence-corrected chi connectivity index (χ3v) is 5.58. The minimum Gasteiger partial charge on any atom is -0.370 e. The molecule has 2 amide bonds. The largest absolute Gasteiger partial charge is 0.370 e. The number of amides is 2. The Labute approximate surface area is 166 Å². The quantitative estimate of drug-likeness (QED) is 0.725. The average Bonchev–Trinajstić information content (AvgIpc) is 2.89. The highest BCUT2D eigenvalue weighted by Crippen LogP contribution is 2.22. The van der Waals surface area contributed by atoms with E-state index in [4.69, 9.17) is 0 Å². The monoisotopic (exact) mass is 376 g/mol. The third-order valence-electron chi connectivity index (χ3n) is 5.58. The summed E-state index contributed by atoms with van der Waals surface area (Å²) < 4.78 is 0. The maximum absolute atomic E-state index is 12.7. The van der Waals surface area contributed by atoms with E-state index >= 15 is 0 Å². The number of anilines is 1. The topological polar surface area (TPSA) is 51.4 Å². The Balaban J connectivity index is 1.31. The first-order valence-electron chi connectivity index (χ1n) is 10.1. The van der Waals surface area contributed by atoms with Crippen LogP contribution < -0.4 is 10.2 Å². The van der Waals surface area contributed by atoms with Crippen molar-refractivity contribution in [1.82, 2.24) is 15.2 Å². The number of aromatic amines is 1. The van der Waals surface area contributed by atoms with Gasteiger partial charge in [-0.15, -0.1) is 0 Å². The molecule has 146 valence electrons. The summed E-state index contributed by atoms with van der Waals surface area (Å²) in [7, 11) is 0. The molecular formula is C23H28N4O. The van der Waals surface area contributed by atoms with E-state index in [1.807, 2.05) is 17.0 Å². The van der Waals surface area contributed by atoms with Crippen LogP contribution in [-0.2, 0) is 6.42 Å². The smallest absolute Gasteiger partial charge is 0.317 e. The van der Waals surface area contributed by atoms with Crippen LogP contribution in [0, 0.1) is 6.92 Å². The zero-order valence-electron chi connectivity index (χ0n) is 16.4. The van der Waals surface area contributed by atoms with Crippen LogP contribution in [0.25, 0.3) is 10.9 Å². The fourth-order valence-corrected chi connectivity index (χ4v) is 4.08. The Kier molecular flexibility index (Phi) is 5.51. The highest BCUT2D eigenvalue weighted by atomic mass is 16.2. The van der Waals surface area contributed by atoms with Gasteiger partial charge in [0.1, 0.15) is 0 Å². The van der Waals surface area contributed by atoms with E-state index < -0.39 is 0 Å². The van der Waals surface area contributed by atoms with Crippen molar-refractivity contribution < 1.29 is 4.79 Å². The second-order valence-electron chi connectivity index (χ2n) is 7.42. The SMILES string of the molecule is Cc1[nH]c2ccccc2c1CCNC(=O)N1CCCN(c2ccccc2)CC1. The molecule has 2 aromatic carbocycles. The van der Waals surface area contributed by atoms with Crippen LogP contribution in [0.3, 0.4) is 0 Å². The van der Waals surface area contributed by atoms with E-state index in [2.05, 4.69) is 64.6 Å². The van der Waals surface area contributed by atoms with Gasteiger partial charge in [0.15, 0.2) is 0 Å². The lowest BCUT2D eigenvalue weighted by molar-refractivity contribution is 0.201. The first-order valence-corrected chi connectivity index (χ1v) is 10.1. The summed E-state index contributed by atoms with van der Waals surface area (Å²) in [6, 6.07) is 18.8. The zero-order valence-corrected chi connectivity index (χ0v) is 16.4. The fraction of sp³-hybridized carbons (Fsp3) is 0.348. The molecule has 1 aliphatic rings. The lowest BCUT2D eigenvalue weighted by Crippen LogP contribution is -2.42. The highest BCUT2D eigenvalue weighted by Gasteiger charge is 2.19. The maximum atomic E-state index is 12.7. The standard InChI is InChI=1S/C23H28N4O/c1-18-20(21-10-5-6-11-22(21)25-18)12-13-24-23(28)27-15-7-14-26(16-17-27)19-8-3-2-4-9-19/h2-6,8-11,25H,7,12-17H2,1H3,(H,24,28). The average molecular weight is 377 g/mol. The molecular weight excluding hydrogens is 348 g/mol. The Bertz CT molecular complexity index is 934. The number of hydrogen-bond acceptors (Lipinski definition) is 2. The highest BCUT2D eigenvalue weighted by molar-refractivity contribution is 5.84. The molecule has 1 aromatic heterocycles. The van der Waals surface area contributed by atoms with E-state index in [1.165, 1.54) is 22.3 Å². The minimum absolute atomic E-state index is 0.0485. The van der Waals surface area contributed by atoms with Gasteiger partial charge in [-0.2, -0.15) is 0 Å². The number of rotatable bonds is 4. The van der Waals surface area contributed by atoms with Crippen molar-refractivity contribution in [2.75, 3.05) is 37.6 Å². The number of nitrogens with one attached hydrogen (secondary N) is 2. The maximum Gasteiger partial charge on any atom is 0.317 e. The molecule has 2 heterocycles. The minimum atomic E-state index is 0.0485. The second-order valence-corrected chi connectivity index (χ2v) is 7.42. The fourth-order valence-electron chi connectivity index (χ4n) is 4.08. The Morgan fingerprint density at radius 3 is 2.64 bits per heavy atom. The van der Waals surface area contributed by atoms with Crippen LogP contribution in [0.15, 0.2) is 54.6 Å². The summed E-state index contributed by atoms with van der Waals surface area (Å²) in [5, 5.41) is 4.37. The zero-order chi connectivity index (χ0) is 19.3. The Hall–Kier alpha value is -2.95. The van der Waals surface area contributed by atoms with Crippen LogP contribution in [0.2, 0.25) is 0 Å². The van der Waals surface area contributed by atoms with Crippen molar-refractivity contribution in [3.63, 3.8) is 0 Å². The van der Waals surface area contributed by atoms with Gasteiger partial charge in [0.2, 0.25) is 0 Å². The Morgan fingerprint density at radius 2 is 1.79 bits per heavy atom. The molecule has 0 saturated carbocycles. The molecule has 0 bridgehead atoms. The van der Waals surface area contributed by atoms with Gasteiger partial charge in [-0.25, -0.2) is 4.79 Å². The third kappa shape index (κ3) is 3.98. The summed E-state index contributed by atoms with van der Waals surface area (Å²) >= 11 is 0. The predicted octanol–water partition coefficient (Wildman–Crippen LogP) is 3.94. The van der Waals surface area contributed by atoms with E-state index in [0.717, 1.165) is 44.5 Å². The molecule has 0 unspecified atom stereocenters. The lowest BCUT2D eigenvalue weighted by atomic mass is 10.1. The van der Waals surface area contributed by atoms with Crippen molar-refractivity contribution in [2.45, 2.75) is 19.8 Å². The van der Waals surface area contributed by atoms with E-state index in [0.29, 0.717) is 6.54 Å². The molecule has 2 N–H and O–H groups in total. The van der Waals surface area contributed by atoms with Crippen LogP contribution in [-0.4, -0.2) is 48.6 Å². The van der Waals surface area contributed by atoms with E-state index in [-0.39, 0.29) is 6.03 Å². The van der Waals surface area contributed by atoms with Crippen molar-refractivity contribution in [1.29, 1.82) is 0 Å². The first-order chi connectivity index (χ1) is 13.7. The first kappa shape index (κ1) is 18.4. The molecule has 0 spiro atoms. The molecule has 1 aliphatic heterocycles. The van der Waals surface area contributed by atoms with Crippen LogP contribution >= 0.6 is 0 Å². The number of carbonyl (C=O) groups excluding carboxylic acids is 1. The van der Waals surface area contributed by atoms with Crippen molar-refractivity contribution in [3.8, 4) is 0 Å². The number of H-pyrrole nitrogens is 1. The molecule has 28 heavy (non-hydrogen) atoms. The lowest BCUT2D eigenvalue weighted by Gasteiger charge is -2.24. The van der Waals surface area contributed by atoms with Gasteiger partial charge in [-0.1, -0.05) is 36.4 Å². The number of nitrogens with zero attached hydrogens (tertiary/aromatic N) is 2. The van der Waals surface area contributed by atoms with Crippen molar-refractivity contribution in [3.05, 3.63) is 65.9 Å². The molecule has 5 heteroatoms. The number of aryl methyl sites for hydroxylation is 1. The summed E-state index contributed by atoms with van der Waals surface area (Å²) in [6.07, 6.45) is 1.83. The molecule has 5 nitrogen and oxygen atoms in total. The number of urea groups is 1. The van der Waals surface area contributed by atoms with Crippen LogP contribution in [0.4, 0.5) is 10.5 Å².